The van der Waals surface area contributed by atoms with Gasteiger partial charge in [0.25, 0.3) is 0 Å². The number of thioether (sulfide) groups is 1. The summed E-state index contributed by atoms with van der Waals surface area (Å²) >= 11 is 1.87. The fourth-order valence-corrected chi connectivity index (χ4v) is 3.13. The Morgan fingerprint density at radius 2 is 1.86 bits per heavy atom. The molecule has 0 radical (unpaired) electrons. The van der Waals surface area contributed by atoms with E-state index in [0.717, 1.165) is 56.9 Å². The molecule has 1 aliphatic rings. The van der Waals surface area contributed by atoms with Gasteiger partial charge < -0.3 is 4.90 Å². The molecule has 22 heavy (non-hydrogen) atoms. The van der Waals surface area contributed by atoms with Crippen LogP contribution in [0.3, 0.4) is 0 Å². The fraction of sp³-hybridized carbons (Fsp3) is 0.588. The van der Waals surface area contributed by atoms with Crippen molar-refractivity contribution >= 4 is 17.7 Å². The molecular weight excluding hydrogens is 299 g/mol. The maximum atomic E-state index is 12.8. The molecule has 0 bridgehead atoms. The Kier molecular flexibility index (Phi) is 7.19. The summed E-state index contributed by atoms with van der Waals surface area (Å²) in [4.78, 5) is 16.6. The monoisotopic (exact) mass is 324 g/mol. The fourth-order valence-electron chi connectivity index (χ4n) is 2.69. The number of rotatable bonds is 7. The molecule has 0 atom stereocenters. The van der Waals surface area contributed by atoms with Crippen LogP contribution in [0.15, 0.2) is 24.3 Å². The van der Waals surface area contributed by atoms with Crippen molar-refractivity contribution in [3.05, 3.63) is 35.6 Å². The lowest BCUT2D eigenvalue weighted by Gasteiger charge is -2.34. The van der Waals surface area contributed by atoms with Gasteiger partial charge in [0.05, 0.1) is 0 Å². The van der Waals surface area contributed by atoms with Crippen LogP contribution in [0.1, 0.15) is 18.4 Å². The summed E-state index contributed by atoms with van der Waals surface area (Å²) in [7, 11) is 0. The van der Waals surface area contributed by atoms with Gasteiger partial charge in [0.2, 0.25) is 5.91 Å². The van der Waals surface area contributed by atoms with Gasteiger partial charge >= 0.3 is 0 Å². The zero-order chi connectivity index (χ0) is 15.8. The third-order valence-electron chi connectivity index (χ3n) is 4.11. The first-order valence-corrected chi connectivity index (χ1v) is 9.32. The predicted octanol–water partition coefficient (Wildman–Crippen LogP) is 2.66. The molecule has 1 amide bonds. The lowest BCUT2D eigenvalue weighted by atomic mass is 10.1. The molecule has 1 saturated heterocycles. The lowest BCUT2D eigenvalue weighted by molar-refractivity contribution is -0.133. The summed E-state index contributed by atoms with van der Waals surface area (Å²) in [5.74, 6) is 1.21. The number of hydrogen-bond acceptors (Lipinski definition) is 3. The summed E-state index contributed by atoms with van der Waals surface area (Å²) in [5, 5.41) is 0. The Balaban J connectivity index is 1.64. The Bertz CT molecular complexity index is 458. The van der Waals surface area contributed by atoms with E-state index in [2.05, 4.69) is 11.2 Å². The first-order chi connectivity index (χ1) is 10.7. The Hall–Kier alpha value is -1.07. The molecule has 1 heterocycles. The molecule has 1 aliphatic heterocycles. The van der Waals surface area contributed by atoms with Gasteiger partial charge in [-0.3, -0.25) is 9.69 Å². The summed E-state index contributed by atoms with van der Waals surface area (Å²) in [6.07, 6.45) is 4.37. The molecule has 0 N–H and O–H groups in total. The number of carbonyl (C=O) groups excluding carboxylic acids is 1. The Morgan fingerprint density at radius 1 is 1.18 bits per heavy atom. The highest BCUT2D eigenvalue weighted by atomic mass is 32.2. The van der Waals surface area contributed by atoms with E-state index in [-0.39, 0.29) is 11.7 Å². The van der Waals surface area contributed by atoms with Crippen LogP contribution in [0.2, 0.25) is 0 Å². The van der Waals surface area contributed by atoms with Crippen LogP contribution in [-0.4, -0.2) is 60.4 Å². The maximum Gasteiger partial charge on any atom is 0.222 e. The molecule has 1 aromatic rings. The molecule has 1 aromatic carbocycles. The Labute approximate surface area is 136 Å². The highest BCUT2D eigenvalue weighted by Gasteiger charge is 2.20. The topological polar surface area (TPSA) is 23.6 Å². The minimum atomic E-state index is -0.209. The molecule has 122 valence electrons. The number of nitrogens with zero attached hydrogens (tertiary/aromatic N) is 2. The number of carbonyl (C=O) groups is 1. The van der Waals surface area contributed by atoms with Crippen molar-refractivity contribution in [1.82, 2.24) is 9.80 Å². The van der Waals surface area contributed by atoms with E-state index in [4.69, 9.17) is 0 Å². The molecule has 3 nitrogen and oxygen atoms in total. The number of piperazine rings is 1. The predicted molar refractivity (Wildman–Crippen MR) is 90.7 cm³/mol. The number of halogens is 1. The zero-order valence-electron chi connectivity index (χ0n) is 13.3. The molecule has 0 aliphatic carbocycles. The number of aryl methyl sites for hydroxylation is 1. The van der Waals surface area contributed by atoms with E-state index < -0.39 is 0 Å². The first kappa shape index (κ1) is 17.3. The highest BCUT2D eigenvalue weighted by molar-refractivity contribution is 7.98. The van der Waals surface area contributed by atoms with E-state index in [9.17, 15) is 9.18 Å². The summed E-state index contributed by atoms with van der Waals surface area (Å²) < 4.78 is 12.8. The van der Waals surface area contributed by atoms with Crippen LogP contribution >= 0.6 is 11.8 Å². The molecule has 0 spiro atoms. The lowest BCUT2D eigenvalue weighted by Crippen LogP contribution is -2.49. The van der Waals surface area contributed by atoms with Crippen molar-refractivity contribution < 1.29 is 9.18 Å². The van der Waals surface area contributed by atoms with E-state index in [0.29, 0.717) is 6.42 Å². The van der Waals surface area contributed by atoms with Crippen LogP contribution < -0.4 is 0 Å². The van der Waals surface area contributed by atoms with Gasteiger partial charge in [-0.05, 0) is 36.8 Å². The van der Waals surface area contributed by atoms with Crippen LogP contribution in [0.4, 0.5) is 4.39 Å². The smallest absolute Gasteiger partial charge is 0.222 e. The first-order valence-electron chi connectivity index (χ1n) is 7.92. The van der Waals surface area contributed by atoms with Crippen molar-refractivity contribution in [2.45, 2.75) is 19.3 Å². The van der Waals surface area contributed by atoms with Crippen molar-refractivity contribution in [2.75, 3.05) is 44.7 Å². The minimum absolute atomic E-state index is 0.209. The average Bonchev–Trinajstić information content (AvgIpc) is 2.55. The molecule has 2 rings (SSSR count). The molecular formula is C17H25FN2OS. The van der Waals surface area contributed by atoms with Gasteiger partial charge in [-0.15, -0.1) is 0 Å². The van der Waals surface area contributed by atoms with Crippen molar-refractivity contribution in [3.8, 4) is 0 Å². The van der Waals surface area contributed by atoms with Crippen LogP contribution in [0.25, 0.3) is 0 Å². The summed E-state index contributed by atoms with van der Waals surface area (Å²) in [6, 6.07) is 6.55. The van der Waals surface area contributed by atoms with E-state index in [1.807, 2.05) is 16.7 Å². The molecule has 5 heteroatoms. The SMILES string of the molecule is CSCCN1CCN(C(=O)CCCc2ccc(F)cc2)CC1. The zero-order valence-corrected chi connectivity index (χ0v) is 14.1. The largest absolute Gasteiger partial charge is 0.340 e. The molecule has 0 saturated carbocycles. The second-order valence-electron chi connectivity index (χ2n) is 5.70. The molecule has 1 fully saturated rings. The van der Waals surface area contributed by atoms with Gasteiger partial charge in [0, 0.05) is 44.9 Å². The van der Waals surface area contributed by atoms with Crippen molar-refractivity contribution in [2.24, 2.45) is 0 Å². The highest BCUT2D eigenvalue weighted by Crippen LogP contribution is 2.10. The number of hydrogen-bond donors (Lipinski definition) is 0. The van der Waals surface area contributed by atoms with Gasteiger partial charge in [0.15, 0.2) is 0 Å². The number of amides is 1. The normalized spacial score (nSPS) is 16.0. The van der Waals surface area contributed by atoms with E-state index >= 15 is 0 Å². The molecule has 0 unspecified atom stereocenters. The third kappa shape index (κ3) is 5.61. The van der Waals surface area contributed by atoms with E-state index in [1.165, 1.54) is 12.1 Å². The van der Waals surface area contributed by atoms with Crippen LogP contribution in [0, 0.1) is 5.82 Å². The maximum absolute atomic E-state index is 12.8. The van der Waals surface area contributed by atoms with Gasteiger partial charge in [-0.25, -0.2) is 4.39 Å². The average molecular weight is 324 g/mol. The van der Waals surface area contributed by atoms with Gasteiger partial charge in [-0.1, -0.05) is 12.1 Å². The second-order valence-corrected chi connectivity index (χ2v) is 6.68. The van der Waals surface area contributed by atoms with Crippen molar-refractivity contribution in [1.29, 1.82) is 0 Å². The van der Waals surface area contributed by atoms with Crippen LogP contribution in [0.5, 0.6) is 0 Å². The second kappa shape index (κ2) is 9.16. The van der Waals surface area contributed by atoms with Crippen LogP contribution in [-0.2, 0) is 11.2 Å². The summed E-state index contributed by atoms with van der Waals surface area (Å²) in [5.41, 5.74) is 1.09. The third-order valence-corrected chi connectivity index (χ3v) is 4.70. The summed E-state index contributed by atoms with van der Waals surface area (Å²) in [6.45, 7) is 4.80. The van der Waals surface area contributed by atoms with Gasteiger partial charge in [-0.2, -0.15) is 11.8 Å². The standard InChI is InChI=1S/C17H25FN2OS/c1-22-14-13-19-9-11-20(12-10-19)17(21)4-2-3-15-5-7-16(18)8-6-15/h5-8H,2-4,9-14H2,1H3. The Morgan fingerprint density at radius 3 is 2.50 bits per heavy atom. The van der Waals surface area contributed by atoms with Crippen molar-refractivity contribution in [3.63, 3.8) is 0 Å². The molecule has 0 aromatic heterocycles. The quantitative estimate of drug-likeness (QED) is 0.770. The van der Waals surface area contributed by atoms with Gasteiger partial charge in [0.1, 0.15) is 5.82 Å². The number of benzene rings is 1. The van der Waals surface area contributed by atoms with E-state index in [1.54, 1.807) is 12.1 Å². The minimum Gasteiger partial charge on any atom is -0.340 e.